The maximum absolute atomic E-state index is 11.7. The van der Waals surface area contributed by atoms with E-state index >= 15 is 0 Å². The van der Waals surface area contributed by atoms with Crippen LogP contribution in [0, 0.1) is 0 Å². The number of nitrogens with one attached hydrogen (secondary N) is 1. The van der Waals surface area contributed by atoms with E-state index < -0.39 is 6.09 Å². The van der Waals surface area contributed by atoms with Gasteiger partial charge in [0.05, 0.1) is 5.69 Å². The van der Waals surface area contributed by atoms with Crippen molar-refractivity contribution in [3.8, 4) is 0 Å². The molecule has 0 fully saturated rings. The molecule has 4 heteroatoms. The fraction of sp³-hybridized carbons (Fsp3) is 0.267. The molecule has 0 aliphatic carbocycles. The Labute approximate surface area is 113 Å². The number of nitrogens with zero attached hydrogens (tertiary/aromatic N) is 1. The first-order chi connectivity index (χ1) is 9.16. The van der Waals surface area contributed by atoms with Crippen LogP contribution in [0.25, 0.3) is 10.8 Å². The Morgan fingerprint density at radius 2 is 1.89 bits per heavy atom. The topological polar surface area (TPSA) is 41.6 Å². The summed E-state index contributed by atoms with van der Waals surface area (Å²) in [5.74, 6) is 0. The molecule has 2 aromatic carbocycles. The third-order valence-electron chi connectivity index (χ3n) is 2.80. The Kier molecular flexibility index (Phi) is 4.36. The van der Waals surface area contributed by atoms with Gasteiger partial charge in [-0.25, -0.2) is 4.79 Å². The summed E-state index contributed by atoms with van der Waals surface area (Å²) in [6, 6.07) is 13.7. The number of hydrogen-bond acceptors (Lipinski definition) is 3. The number of carbonyl (C=O) groups is 1. The number of hydrogen-bond donors (Lipinski definition) is 1. The van der Waals surface area contributed by atoms with Gasteiger partial charge in [0.1, 0.15) is 6.61 Å². The van der Waals surface area contributed by atoms with E-state index in [9.17, 15) is 4.79 Å². The lowest BCUT2D eigenvalue weighted by molar-refractivity contribution is 0.151. The van der Waals surface area contributed by atoms with E-state index in [0.29, 0.717) is 13.2 Å². The van der Waals surface area contributed by atoms with Crippen LogP contribution in [-0.4, -0.2) is 38.2 Å². The van der Waals surface area contributed by atoms with Gasteiger partial charge >= 0.3 is 6.09 Å². The highest BCUT2D eigenvalue weighted by atomic mass is 16.5. The zero-order valence-electron chi connectivity index (χ0n) is 11.2. The predicted octanol–water partition coefficient (Wildman–Crippen LogP) is 2.95. The largest absolute Gasteiger partial charge is 0.448 e. The minimum atomic E-state index is -0.418. The normalized spacial score (nSPS) is 10.7. The van der Waals surface area contributed by atoms with Crippen LogP contribution in [0.5, 0.6) is 0 Å². The van der Waals surface area contributed by atoms with Gasteiger partial charge in [-0.2, -0.15) is 0 Å². The molecule has 0 saturated carbocycles. The summed E-state index contributed by atoms with van der Waals surface area (Å²) in [5, 5.41) is 4.88. The molecule has 0 radical (unpaired) electrons. The average molecular weight is 258 g/mol. The Balaban J connectivity index is 2.03. The zero-order chi connectivity index (χ0) is 13.7. The second-order valence-corrected chi connectivity index (χ2v) is 4.59. The van der Waals surface area contributed by atoms with Gasteiger partial charge in [-0.3, -0.25) is 5.32 Å². The van der Waals surface area contributed by atoms with Gasteiger partial charge in [-0.15, -0.1) is 0 Å². The van der Waals surface area contributed by atoms with Gasteiger partial charge in [-0.05, 0) is 25.5 Å². The molecule has 100 valence electrons. The van der Waals surface area contributed by atoms with Crippen molar-refractivity contribution >= 4 is 22.6 Å². The summed E-state index contributed by atoms with van der Waals surface area (Å²) < 4.78 is 5.11. The number of carbonyl (C=O) groups excluding carboxylic acids is 1. The molecule has 0 aromatic heterocycles. The molecule has 0 bridgehead atoms. The van der Waals surface area contributed by atoms with Crippen LogP contribution in [0.15, 0.2) is 42.5 Å². The van der Waals surface area contributed by atoms with E-state index in [-0.39, 0.29) is 0 Å². The summed E-state index contributed by atoms with van der Waals surface area (Å²) in [6.07, 6.45) is -0.418. The molecule has 0 aliphatic heterocycles. The summed E-state index contributed by atoms with van der Waals surface area (Å²) in [5.41, 5.74) is 0.771. The molecule has 0 saturated heterocycles. The molecule has 0 unspecified atom stereocenters. The van der Waals surface area contributed by atoms with Gasteiger partial charge in [0.25, 0.3) is 0 Å². The first-order valence-electron chi connectivity index (χ1n) is 6.23. The van der Waals surface area contributed by atoms with Crippen LogP contribution in [0.1, 0.15) is 0 Å². The molecule has 0 atom stereocenters. The van der Waals surface area contributed by atoms with Crippen LogP contribution in [-0.2, 0) is 4.74 Å². The van der Waals surface area contributed by atoms with Gasteiger partial charge in [0.2, 0.25) is 0 Å². The number of rotatable bonds is 4. The number of anilines is 1. The Hall–Kier alpha value is -2.07. The minimum Gasteiger partial charge on any atom is -0.448 e. The van der Waals surface area contributed by atoms with Crippen LogP contribution in [0.4, 0.5) is 10.5 Å². The summed E-state index contributed by atoms with van der Waals surface area (Å²) >= 11 is 0. The number of fused-ring (bicyclic) bond motifs is 1. The van der Waals surface area contributed by atoms with Gasteiger partial charge < -0.3 is 9.64 Å². The SMILES string of the molecule is CN(C)CCOC(=O)Nc1cccc2ccccc12. The Morgan fingerprint density at radius 1 is 1.16 bits per heavy atom. The fourth-order valence-electron chi connectivity index (χ4n) is 1.80. The third-order valence-corrected chi connectivity index (χ3v) is 2.80. The summed E-state index contributed by atoms with van der Waals surface area (Å²) in [6.45, 7) is 1.09. The number of benzene rings is 2. The van der Waals surface area contributed by atoms with Crippen molar-refractivity contribution in [2.24, 2.45) is 0 Å². The van der Waals surface area contributed by atoms with E-state index in [1.807, 2.05) is 61.5 Å². The maximum Gasteiger partial charge on any atom is 0.411 e. The highest BCUT2D eigenvalue weighted by Gasteiger charge is 2.06. The van der Waals surface area contributed by atoms with Crippen LogP contribution in [0.3, 0.4) is 0 Å². The molecule has 1 amide bonds. The van der Waals surface area contributed by atoms with Gasteiger partial charge in [0.15, 0.2) is 0 Å². The van der Waals surface area contributed by atoms with Crippen molar-refractivity contribution in [2.45, 2.75) is 0 Å². The van der Waals surface area contributed by atoms with Crippen LogP contribution < -0.4 is 5.32 Å². The van der Waals surface area contributed by atoms with Crippen LogP contribution >= 0.6 is 0 Å². The van der Waals surface area contributed by atoms with Crippen molar-refractivity contribution in [1.82, 2.24) is 4.90 Å². The zero-order valence-corrected chi connectivity index (χ0v) is 11.2. The average Bonchev–Trinajstić information content (AvgIpc) is 2.39. The Morgan fingerprint density at radius 3 is 2.68 bits per heavy atom. The highest BCUT2D eigenvalue weighted by molar-refractivity contribution is 6.00. The van der Waals surface area contributed by atoms with Gasteiger partial charge in [-0.1, -0.05) is 36.4 Å². The quantitative estimate of drug-likeness (QED) is 0.916. The Bertz CT molecular complexity index is 562. The van der Waals surface area contributed by atoms with Crippen molar-refractivity contribution < 1.29 is 9.53 Å². The molecular weight excluding hydrogens is 240 g/mol. The first-order valence-corrected chi connectivity index (χ1v) is 6.23. The second-order valence-electron chi connectivity index (χ2n) is 4.59. The standard InChI is InChI=1S/C15H18N2O2/c1-17(2)10-11-19-15(18)16-14-9-5-7-12-6-3-4-8-13(12)14/h3-9H,10-11H2,1-2H3,(H,16,18). The van der Waals surface area contributed by atoms with Crippen molar-refractivity contribution in [1.29, 1.82) is 0 Å². The third kappa shape index (κ3) is 3.69. The van der Waals surface area contributed by atoms with E-state index in [1.54, 1.807) is 0 Å². The van der Waals surface area contributed by atoms with Crippen molar-refractivity contribution in [2.75, 3.05) is 32.6 Å². The first kappa shape index (κ1) is 13.4. The maximum atomic E-state index is 11.7. The fourth-order valence-corrected chi connectivity index (χ4v) is 1.80. The second kappa shape index (κ2) is 6.20. The lowest BCUT2D eigenvalue weighted by atomic mass is 10.1. The molecular formula is C15H18N2O2. The lowest BCUT2D eigenvalue weighted by Gasteiger charge is -2.11. The van der Waals surface area contributed by atoms with Crippen molar-refractivity contribution in [3.63, 3.8) is 0 Å². The smallest absolute Gasteiger partial charge is 0.411 e. The van der Waals surface area contributed by atoms with E-state index in [1.165, 1.54) is 0 Å². The monoisotopic (exact) mass is 258 g/mol. The number of likely N-dealkylation sites (N-methyl/N-ethyl adjacent to an activating group) is 1. The molecule has 2 rings (SSSR count). The van der Waals surface area contributed by atoms with E-state index in [0.717, 1.165) is 16.5 Å². The minimum absolute atomic E-state index is 0.379. The summed E-state index contributed by atoms with van der Waals surface area (Å²) in [4.78, 5) is 13.6. The number of ether oxygens (including phenoxy) is 1. The molecule has 0 spiro atoms. The molecule has 0 heterocycles. The van der Waals surface area contributed by atoms with Crippen LogP contribution in [0.2, 0.25) is 0 Å². The molecule has 0 aliphatic rings. The number of amides is 1. The summed E-state index contributed by atoms with van der Waals surface area (Å²) in [7, 11) is 3.87. The van der Waals surface area contributed by atoms with E-state index in [2.05, 4.69) is 5.32 Å². The van der Waals surface area contributed by atoms with E-state index in [4.69, 9.17) is 4.74 Å². The molecule has 19 heavy (non-hydrogen) atoms. The highest BCUT2D eigenvalue weighted by Crippen LogP contribution is 2.22. The van der Waals surface area contributed by atoms with Crippen molar-refractivity contribution in [3.05, 3.63) is 42.5 Å². The molecule has 2 aromatic rings. The van der Waals surface area contributed by atoms with Gasteiger partial charge in [0, 0.05) is 11.9 Å². The predicted molar refractivity (Wildman–Crippen MR) is 77.5 cm³/mol. The molecule has 1 N–H and O–H groups in total. The lowest BCUT2D eigenvalue weighted by Crippen LogP contribution is -2.22. The molecule has 4 nitrogen and oxygen atoms in total.